The Morgan fingerprint density at radius 2 is 1.92 bits per heavy atom. The van der Waals surface area contributed by atoms with Crippen molar-refractivity contribution >= 4 is 27.9 Å². The zero-order valence-electron chi connectivity index (χ0n) is 6.70. The van der Waals surface area contributed by atoms with Gasteiger partial charge in [0, 0.05) is 23.3 Å². The molecule has 0 saturated heterocycles. The predicted molar refractivity (Wildman–Crippen MR) is 52.2 cm³/mol. The van der Waals surface area contributed by atoms with Crippen LogP contribution in [0.5, 0.6) is 0 Å². The molecule has 2 rings (SSSR count). The van der Waals surface area contributed by atoms with Crippen molar-refractivity contribution in [2.75, 3.05) is 0 Å². The highest BCUT2D eigenvalue weighted by molar-refractivity contribution is 6.60. The summed E-state index contributed by atoms with van der Waals surface area (Å²) in [5.74, 6) is 0. The van der Waals surface area contributed by atoms with Crippen molar-refractivity contribution in [2.45, 2.75) is 0 Å². The zero-order valence-corrected chi connectivity index (χ0v) is 7.45. The number of fused-ring (bicyclic) bond motifs is 1. The molecule has 2 N–H and O–H groups in total. The first-order chi connectivity index (χ1) is 6.20. The molecule has 0 atom stereocenters. The second-order valence-corrected chi connectivity index (χ2v) is 2.64. The van der Waals surface area contributed by atoms with E-state index in [1.54, 1.807) is 0 Å². The predicted octanol–water partition coefficient (Wildman–Crippen LogP) is 3.07. The molecule has 0 bridgehead atoms. The standard InChI is InChI=1S/C8H7N.CHClO2/c1-2-4-8-7(3-1)5-6-9-8;2-1(3)4/h1-6,9H;(H,3,4). The SMILES string of the molecule is O=C(O)Cl.c1ccc2[nH]ccc2c1. The third-order valence-corrected chi connectivity index (χ3v) is 1.46. The molecule has 0 aliphatic carbocycles. The summed E-state index contributed by atoms with van der Waals surface area (Å²) < 4.78 is 0. The summed E-state index contributed by atoms with van der Waals surface area (Å²) in [5.41, 5.74) is -0.155. The molecule has 0 fully saturated rings. The topological polar surface area (TPSA) is 53.1 Å². The molecule has 0 radical (unpaired) electrons. The van der Waals surface area contributed by atoms with E-state index >= 15 is 0 Å². The van der Waals surface area contributed by atoms with Gasteiger partial charge < -0.3 is 10.1 Å². The lowest BCUT2D eigenvalue weighted by molar-refractivity contribution is 0.220. The molecule has 0 spiro atoms. The van der Waals surface area contributed by atoms with Crippen LogP contribution in [0.2, 0.25) is 0 Å². The van der Waals surface area contributed by atoms with E-state index in [0.29, 0.717) is 0 Å². The lowest BCUT2D eigenvalue weighted by Crippen LogP contribution is -1.66. The van der Waals surface area contributed by atoms with Gasteiger partial charge in [0.05, 0.1) is 0 Å². The monoisotopic (exact) mass is 197 g/mol. The number of para-hydroxylation sites is 1. The van der Waals surface area contributed by atoms with Gasteiger partial charge in [-0.1, -0.05) is 18.2 Å². The van der Waals surface area contributed by atoms with E-state index in [0.717, 1.165) is 0 Å². The summed E-state index contributed by atoms with van der Waals surface area (Å²) in [7, 11) is 0. The van der Waals surface area contributed by atoms with Crippen LogP contribution in [0.1, 0.15) is 0 Å². The Labute approximate surface area is 80.0 Å². The summed E-state index contributed by atoms with van der Waals surface area (Å²) in [6, 6.07) is 10.3. The maximum atomic E-state index is 8.77. The average molecular weight is 198 g/mol. The Morgan fingerprint density at radius 3 is 2.54 bits per heavy atom. The normalized spacial score (nSPS) is 9.00. The van der Waals surface area contributed by atoms with Gasteiger partial charge in [-0.2, -0.15) is 0 Å². The van der Waals surface area contributed by atoms with Gasteiger partial charge in [-0.25, -0.2) is 4.79 Å². The van der Waals surface area contributed by atoms with Crippen molar-refractivity contribution in [1.82, 2.24) is 4.98 Å². The number of aromatic amines is 1. The minimum Gasteiger partial charge on any atom is -0.469 e. The van der Waals surface area contributed by atoms with Crippen molar-refractivity contribution in [1.29, 1.82) is 0 Å². The van der Waals surface area contributed by atoms with Crippen molar-refractivity contribution in [3.63, 3.8) is 0 Å². The largest absolute Gasteiger partial charge is 0.469 e. The van der Waals surface area contributed by atoms with E-state index < -0.39 is 5.43 Å². The minimum atomic E-state index is -1.36. The number of aromatic nitrogens is 1. The first-order valence-corrected chi connectivity index (χ1v) is 3.98. The molecule has 2 aromatic rings. The summed E-state index contributed by atoms with van der Waals surface area (Å²) in [4.78, 5) is 11.9. The number of carbonyl (C=O) groups is 1. The molecule has 0 aliphatic heterocycles. The van der Waals surface area contributed by atoms with Gasteiger partial charge in [-0.3, -0.25) is 0 Å². The van der Waals surface area contributed by atoms with Gasteiger partial charge in [-0.05, 0) is 17.5 Å². The molecule has 1 heterocycles. The third kappa shape index (κ3) is 3.17. The Hall–Kier alpha value is -1.48. The number of halogens is 1. The summed E-state index contributed by atoms with van der Waals surface area (Å²) >= 11 is 4.19. The molecule has 0 unspecified atom stereocenters. The van der Waals surface area contributed by atoms with Crippen LogP contribution < -0.4 is 0 Å². The van der Waals surface area contributed by atoms with Crippen LogP contribution in [0.15, 0.2) is 36.5 Å². The van der Waals surface area contributed by atoms with E-state index in [9.17, 15) is 0 Å². The van der Waals surface area contributed by atoms with Crippen LogP contribution in [0.4, 0.5) is 4.79 Å². The molecule has 0 amide bonds. The zero-order chi connectivity index (χ0) is 9.68. The Bertz CT molecular complexity index is 363. The molecule has 68 valence electrons. The van der Waals surface area contributed by atoms with Crippen LogP contribution >= 0.6 is 11.6 Å². The Balaban J connectivity index is 0.000000184. The minimum absolute atomic E-state index is 1.21. The highest BCUT2D eigenvalue weighted by Crippen LogP contribution is 2.09. The van der Waals surface area contributed by atoms with E-state index in [1.807, 2.05) is 18.3 Å². The van der Waals surface area contributed by atoms with Gasteiger partial charge >= 0.3 is 5.43 Å². The molecule has 1 aromatic carbocycles. The summed E-state index contributed by atoms with van der Waals surface area (Å²) in [5, 5.41) is 8.46. The number of H-pyrrole nitrogens is 1. The number of carboxylic acid groups (broad SMARTS) is 1. The number of hydrogen-bond acceptors (Lipinski definition) is 1. The Morgan fingerprint density at radius 1 is 1.31 bits per heavy atom. The number of benzene rings is 1. The van der Waals surface area contributed by atoms with Crippen LogP contribution in [0, 0.1) is 0 Å². The first kappa shape index (κ1) is 9.61. The average Bonchev–Trinajstić information content (AvgIpc) is 2.49. The number of hydrogen-bond donors (Lipinski definition) is 2. The molecular weight excluding hydrogens is 190 g/mol. The smallest absolute Gasteiger partial charge is 0.401 e. The second-order valence-electron chi connectivity index (χ2n) is 2.32. The highest BCUT2D eigenvalue weighted by atomic mass is 35.5. The summed E-state index contributed by atoms with van der Waals surface area (Å²) in [6.45, 7) is 0. The van der Waals surface area contributed by atoms with Crippen LogP contribution in [0.25, 0.3) is 10.9 Å². The Kier molecular flexibility index (Phi) is 3.34. The van der Waals surface area contributed by atoms with Crippen molar-refractivity contribution in [3.05, 3.63) is 36.5 Å². The number of nitrogens with one attached hydrogen (secondary N) is 1. The van der Waals surface area contributed by atoms with E-state index in [2.05, 4.69) is 34.8 Å². The first-order valence-electron chi connectivity index (χ1n) is 3.60. The summed E-state index contributed by atoms with van der Waals surface area (Å²) in [6.07, 6.45) is 1.95. The van der Waals surface area contributed by atoms with Gasteiger partial charge in [-0.15, -0.1) is 0 Å². The molecular formula is C9H8ClNO2. The molecule has 13 heavy (non-hydrogen) atoms. The number of rotatable bonds is 0. The van der Waals surface area contributed by atoms with Gasteiger partial charge in [0.2, 0.25) is 0 Å². The highest BCUT2D eigenvalue weighted by Gasteiger charge is 1.86. The third-order valence-electron chi connectivity index (χ3n) is 1.46. The fourth-order valence-corrected chi connectivity index (χ4v) is 0.995. The molecule has 0 aliphatic rings. The van der Waals surface area contributed by atoms with Crippen molar-refractivity contribution < 1.29 is 9.90 Å². The van der Waals surface area contributed by atoms with Gasteiger partial charge in [0.15, 0.2) is 0 Å². The van der Waals surface area contributed by atoms with Gasteiger partial charge in [0.25, 0.3) is 0 Å². The van der Waals surface area contributed by atoms with E-state index in [1.165, 1.54) is 10.9 Å². The van der Waals surface area contributed by atoms with Crippen LogP contribution in [0.3, 0.4) is 0 Å². The van der Waals surface area contributed by atoms with E-state index in [-0.39, 0.29) is 0 Å². The molecule has 0 saturated carbocycles. The van der Waals surface area contributed by atoms with Crippen molar-refractivity contribution in [3.8, 4) is 0 Å². The lowest BCUT2D eigenvalue weighted by Gasteiger charge is -1.83. The molecule has 1 aromatic heterocycles. The van der Waals surface area contributed by atoms with Crippen LogP contribution in [-0.2, 0) is 0 Å². The van der Waals surface area contributed by atoms with Crippen molar-refractivity contribution in [2.24, 2.45) is 0 Å². The quantitative estimate of drug-likeness (QED) is 0.638. The molecule has 4 heteroatoms. The molecule has 3 nitrogen and oxygen atoms in total. The second kappa shape index (κ2) is 4.52. The lowest BCUT2D eigenvalue weighted by atomic mass is 10.3. The fraction of sp³-hybridized carbons (Fsp3) is 0. The maximum absolute atomic E-state index is 8.77. The maximum Gasteiger partial charge on any atom is 0.401 e. The van der Waals surface area contributed by atoms with Crippen LogP contribution in [-0.4, -0.2) is 15.5 Å². The fourth-order valence-electron chi connectivity index (χ4n) is 0.995. The van der Waals surface area contributed by atoms with Gasteiger partial charge in [0.1, 0.15) is 0 Å². The van der Waals surface area contributed by atoms with E-state index in [4.69, 9.17) is 9.90 Å².